The second-order valence-corrected chi connectivity index (χ2v) is 11.0. The van der Waals surface area contributed by atoms with Crippen LogP contribution in [0.5, 0.6) is 0 Å². The molecule has 0 radical (unpaired) electrons. The van der Waals surface area contributed by atoms with Gasteiger partial charge in [0.05, 0.1) is 39.1 Å². The van der Waals surface area contributed by atoms with Gasteiger partial charge >= 0.3 is 0 Å². The third kappa shape index (κ3) is 8.96. The second kappa shape index (κ2) is 17.0. The van der Waals surface area contributed by atoms with Gasteiger partial charge in [-0.05, 0) is 28.7 Å². The first-order chi connectivity index (χ1) is 21.7. The Morgan fingerprint density at radius 2 is 1.00 bits per heavy atom. The quantitative estimate of drug-likeness (QED) is 0.146. The molecule has 0 spiro atoms. The second-order valence-electron chi connectivity index (χ2n) is 11.0. The van der Waals surface area contributed by atoms with E-state index in [1.807, 2.05) is 127 Å². The summed E-state index contributed by atoms with van der Waals surface area (Å²) in [7, 11) is 0. The molecule has 1 aliphatic rings. The van der Waals surface area contributed by atoms with Gasteiger partial charge in [-0.3, -0.25) is 0 Å². The van der Waals surface area contributed by atoms with Crippen molar-refractivity contribution in [1.82, 2.24) is 0 Å². The summed E-state index contributed by atoms with van der Waals surface area (Å²) in [5.41, 5.74) is 4.12. The minimum Gasteiger partial charge on any atom is -0.394 e. The van der Waals surface area contributed by atoms with E-state index in [1.54, 1.807) is 0 Å². The first-order valence-electron chi connectivity index (χ1n) is 15.2. The van der Waals surface area contributed by atoms with Crippen LogP contribution in [0.3, 0.4) is 0 Å². The van der Waals surface area contributed by atoms with Gasteiger partial charge in [0, 0.05) is 0 Å². The molecule has 4 aromatic carbocycles. The smallest absolute Gasteiger partial charge is 0.116 e. The highest BCUT2D eigenvalue weighted by Gasteiger charge is 2.50. The van der Waals surface area contributed by atoms with Crippen LogP contribution < -0.4 is 0 Å². The van der Waals surface area contributed by atoms with Gasteiger partial charge < -0.3 is 28.8 Å². The van der Waals surface area contributed by atoms with Crippen molar-refractivity contribution in [3.8, 4) is 0 Å². The third-order valence-corrected chi connectivity index (χ3v) is 7.78. The molecule has 1 fully saturated rings. The fourth-order valence-electron chi connectivity index (χ4n) is 5.51. The van der Waals surface area contributed by atoms with Crippen molar-refractivity contribution in [2.75, 3.05) is 6.61 Å². The van der Waals surface area contributed by atoms with Crippen LogP contribution in [0, 0.1) is 0 Å². The maximum absolute atomic E-state index is 10.6. The first kappa shape index (κ1) is 31.8. The highest BCUT2D eigenvalue weighted by atomic mass is 16.6. The minimum absolute atomic E-state index is 0.246. The number of hydrogen-bond donors (Lipinski definition) is 1. The molecule has 1 saturated heterocycles. The van der Waals surface area contributed by atoms with Gasteiger partial charge in [-0.2, -0.15) is 0 Å². The average Bonchev–Trinajstić information content (AvgIpc) is 3.08. The molecule has 4 aromatic rings. The number of aliphatic hydroxyl groups excluding tert-OH is 1. The Bertz CT molecular complexity index is 1350. The Morgan fingerprint density at radius 3 is 1.43 bits per heavy atom. The molecule has 6 heteroatoms. The van der Waals surface area contributed by atoms with Gasteiger partial charge in [0.1, 0.15) is 30.5 Å². The summed E-state index contributed by atoms with van der Waals surface area (Å²) in [6, 6.07) is 40.0. The van der Waals surface area contributed by atoms with Crippen LogP contribution in [0.15, 0.2) is 134 Å². The molecular weight excluding hydrogens is 552 g/mol. The maximum atomic E-state index is 10.6. The topological polar surface area (TPSA) is 66.4 Å². The molecule has 0 unspecified atom stereocenters. The summed E-state index contributed by atoms with van der Waals surface area (Å²) in [6.45, 7) is 5.17. The third-order valence-electron chi connectivity index (χ3n) is 7.78. The number of hydrogen-bond acceptors (Lipinski definition) is 6. The summed E-state index contributed by atoms with van der Waals surface area (Å²) >= 11 is 0. The molecule has 44 heavy (non-hydrogen) atoms. The van der Waals surface area contributed by atoms with Crippen LogP contribution >= 0.6 is 0 Å². The average molecular weight is 595 g/mol. The van der Waals surface area contributed by atoms with Crippen molar-refractivity contribution in [1.29, 1.82) is 0 Å². The van der Waals surface area contributed by atoms with Crippen molar-refractivity contribution >= 4 is 0 Å². The standard InChI is InChI=1S/C38H42O6/c1-2-15-33-35(41-26-30-18-9-4-10-19-30)37(42-27-31-20-11-5-12-21-31)38(43-28-32-22-13-6-14-23-32)36(44-33)34(24-39)40-25-29-16-7-3-8-17-29/h2-14,16-23,33-39H,1,15,24-28H2/t33-,34+,35+,36+,37+,38+/m0/s1. The highest BCUT2D eigenvalue weighted by Crippen LogP contribution is 2.34. The van der Waals surface area contributed by atoms with E-state index < -0.39 is 36.6 Å². The minimum atomic E-state index is -0.666. The molecule has 5 rings (SSSR count). The van der Waals surface area contributed by atoms with Gasteiger partial charge in [-0.1, -0.05) is 127 Å². The Kier molecular flexibility index (Phi) is 12.3. The molecule has 0 amide bonds. The molecule has 0 bridgehead atoms. The molecule has 0 saturated carbocycles. The SMILES string of the molecule is C=CC[C@@H]1O[C@H]([C@@H](CO)OCc2ccccc2)[C@@H](OCc2ccccc2)[C@H](OCc2ccccc2)[C@@H]1OCc1ccccc1. The lowest BCUT2D eigenvalue weighted by molar-refractivity contribution is -0.285. The van der Waals surface area contributed by atoms with Gasteiger partial charge in [0.15, 0.2) is 0 Å². The van der Waals surface area contributed by atoms with Gasteiger partial charge in [0.25, 0.3) is 0 Å². The predicted molar refractivity (Wildman–Crippen MR) is 171 cm³/mol. The lowest BCUT2D eigenvalue weighted by Crippen LogP contribution is -2.63. The fraction of sp³-hybridized carbons (Fsp3) is 0.316. The summed E-state index contributed by atoms with van der Waals surface area (Å²) in [5.74, 6) is 0. The van der Waals surface area contributed by atoms with Crippen molar-refractivity contribution in [3.05, 3.63) is 156 Å². The van der Waals surface area contributed by atoms with Gasteiger partial charge in [-0.15, -0.1) is 6.58 Å². The van der Waals surface area contributed by atoms with Crippen molar-refractivity contribution in [2.24, 2.45) is 0 Å². The maximum Gasteiger partial charge on any atom is 0.116 e. The van der Waals surface area contributed by atoms with Crippen LogP contribution in [-0.2, 0) is 50.1 Å². The zero-order valence-corrected chi connectivity index (χ0v) is 25.0. The molecular formula is C38H42O6. The molecule has 1 aliphatic heterocycles. The van der Waals surface area contributed by atoms with E-state index >= 15 is 0 Å². The molecule has 230 valence electrons. The van der Waals surface area contributed by atoms with E-state index in [0.717, 1.165) is 22.3 Å². The Labute approximate surface area is 260 Å². The lowest BCUT2D eigenvalue weighted by atomic mass is 9.90. The zero-order valence-electron chi connectivity index (χ0n) is 25.0. The van der Waals surface area contributed by atoms with E-state index in [-0.39, 0.29) is 6.61 Å². The molecule has 0 aromatic heterocycles. The lowest BCUT2D eigenvalue weighted by Gasteiger charge is -2.48. The van der Waals surface area contributed by atoms with Gasteiger partial charge in [0.2, 0.25) is 0 Å². The van der Waals surface area contributed by atoms with Crippen LogP contribution in [-0.4, -0.2) is 48.3 Å². The Balaban J connectivity index is 1.46. The molecule has 1 heterocycles. The summed E-state index contributed by atoms with van der Waals surface area (Å²) < 4.78 is 33.1. The molecule has 0 aliphatic carbocycles. The monoisotopic (exact) mass is 594 g/mol. The zero-order chi connectivity index (χ0) is 30.4. The van der Waals surface area contributed by atoms with Crippen LogP contribution in [0.1, 0.15) is 28.7 Å². The first-order valence-corrected chi connectivity index (χ1v) is 15.2. The fourth-order valence-corrected chi connectivity index (χ4v) is 5.51. The number of aliphatic hydroxyl groups is 1. The van der Waals surface area contributed by atoms with E-state index in [1.165, 1.54) is 0 Å². The Hall–Kier alpha value is -3.62. The van der Waals surface area contributed by atoms with Crippen LogP contribution in [0.25, 0.3) is 0 Å². The Morgan fingerprint density at radius 1 is 0.591 bits per heavy atom. The van der Waals surface area contributed by atoms with Crippen LogP contribution in [0.4, 0.5) is 0 Å². The van der Waals surface area contributed by atoms with Crippen molar-refractivity contribution < 1.29 is 28.8 Å². The van der Waals surface area contributed by atoms with E-state index in [2.05, 4.69) is 6.58 Å². The summed E-state index contributed by atoms with van der Waals surface area (Å²) in [4.78, 5) is 0. The number of ether oxygens (including phenoxy) is 5. The van der Waals surface area contributed by atoms with Crippen molar-refractivity contribution in [3.63, 3.8) is 0 Å². The predicted octanol–water partition coefficient (Wildman–Crippen LogP) is 6.66. The van der Waals surface area contributed by atoms with Crippen molar-refractivity contribution in [2.45, 2.75) is 69.5 Å². The normalized spacial score (nSPS) is 22.3. The number of benzene rings is 4. The van der Waals surface area contributed by atoms with E-state index in [9.17, 15) is 5.11 Å². The molecule has 6 atom stereocenters. The number of rotatable bonds is 16. The summed E-state index contributed by atoms with van der Waals surface area (Å²) in [6.07, 6.45) is -0.928. The largest absolute Gasteiger partial charge is 0.394 e. The summed E-state index contributed by atoms with van der Waals surface area (Å²) in [5, 5.41) is 10.6. The van der Waals surface area contributed by atoms with Crippen LogP contribution in [0.2, 0.25) is 0 Å². The van der Waals surface area contributed by atoms with Gasteiger partial charge in [-0.25, -0.2) is 0 Å². The molecule has 6 nitrogen and oxygen atoms in total. The molecule has 1 N–H and O–H groups in total. The van der Waals surface area contributed by atoms with E-state index in [0.29, 0.717) is 32.8 Å². The van der Waals surface area contributed by atoms with E-state index in [4.69, 9.17) is 23.7 Å². The highest BCUT2D eigenvalue weighted by molar-refractivity contribution is 5.17.